The quantitative estimate of drug-likeness (QED) is 0.864. The number of H-pyrrole nitrogens is 1. The van der Waals surface area contributed by atoms with Crippen LogP contribution in [-0.4, -0.2) is 16.6 Å². The first-order valence-electron chi connectivity index (χ1n) is 5.63. The highest BCUT2D eigenvalue weighted by atomic mass is 35.5. The highest BCUT2D eigenvalue weighted by molar-refractivity contribution is 6.16. The lowest BCUT2D eigenvalue weighted by Crippen LogP contribution is -2.10. The van der Waals surface area contributed by atoms with E-state index in [0.717, 1.165) is 5.56 Å². The molecule has 0 fully saturated rings. The molecule has 5 heteroatoms. The van der Waals surface area contributed by atoms with Crippen LogP contribution in [-0.2, 0) is 5.88 Å². The van der Waals surface area contributed by atoms with E-state index in [2.05, 4.69) is 9.97 Å². The lowest BCUT2D eigenvalue weighted by molar-refractivity contribution is 0.341. The number of hydrogen-bond donors (Lipinski definition) is 1. The molecular weight excluding hydrogens is 252 g/mol. The SMILES string of the molecule is CCOc1ccccc1-c1nc(CCl)cc(=O)[nH]1. The Hall–Kier alpha value is -1.81. The summed E-state index contributed by atoms with van der Waals surface area (Å²) in [5, 5.41) is 0. The van der Waals surface area contributed by atoms with Crippen molar-refractivity contribution in [3.8, 4) is 17.1 Å². The van der Waals surface area contributed by atoms with Crippen LogP contribution in [0, 0.1) is 0 Å². The molecule has 94 valence electrons. The van der Waals surface area contributed by atoms with Gasteiger partial charge in [0.1, 0.15) is 11.6 Å². The van der Waals surface area contributed by atoms with Crippen LogP contribution in [0.1, 0.15) is 12.6 Å². The Bertz CT molecular complexity index is 596. The van der Waals surface area contributed by atoms with Gasteiger partial charge in [0, 0.05) is 6.07 Å². The molecule has 1 aromatic carbocycles. The molecule has 0 aliphatic heterocycles. The molecule has 18 heavy (non-hydrogen) atoms. The maximum atomic E-state index is 11.5. The van der Waals surface area contributed by atoms with E-state index in [-0.39, 0.29) is 11.4 Å². The minimum atomic E-state index is -0.220. The predicted octanol–water partition coefficient (Wildman–Crippen LogP) is 2.57. The summed E-state index contributed by atoms with van der Waals surface area (Å²) < 4.78 is 5.51. The van der Waals surface area contributed by atoms with Gasteiger partial charge in [0.15, 0.2) is 0 Å². The molecule has 0 spiro atoms. The van der Waals surface area contributed by atoms with Gasteiger partial charge in [-0.05, 0) is 19.1 Å². The second-order valence-electron chi connectivity index (χ2n) is 3.65. The lowest BCUT2D eigenvalue weighted by Gasteiger charge is -2.09. The molecule has 1 aromatic heterocycles. The van der Waals surface area contributed by atoms with Crippen LogP contribution in [0.4, 0.5) is 0 Å². The van der Waals surface area contributed by atoms with Gasteiger partial charge in [0.05, 0.1) is 23.7 Å². The lowest BCUT2D eigenvalue weighted by atomic mass is 10.2. The molecule has 0 amide bonds. The number of alkyl halides is 1. The standard InChI is InChI=1S/C13H13ClN2O2/c1-2-18-11-6-4-3-5-10(11)13-15-9(8-14)7-12(17)16-13/h3-7H,2,8H2,1H3,(H,15,16,17). The zero-order valence-corrected chi connectivity index (χ0v) is 10.7. The fourth-order valence-electron chi connectivity index (χ4n) is 1.65. The number of nitrogens with one attached hydrogen (secondary N) is 1. The molecule has 4 nitrogen and oxygen atoms in total. The molecule has 1 N–H and O–H groups in total. The zero-order valence-electron chi connectivity index (χ0n) is 9.94. The van der Waals surface area contributed by atoms with Crippen LogP contribution in [0.15, 0.2) is 35.1 Å². The van der Waals surface area contributed by atoms with Crippen LogP contribution in [0.25, 0.3) is 11.4 Å². The number of rotatable bonds is 4. The highest BCUT2D eigenvalue weighted by Gasteiger charge is 2.09. The number of hydrogen-bond acceptors (Lipinski definition) is 3. The van der Waals surface area contributed by atoms with Gasteiger partial charge < -0.3 is 9.72 Å². The van der Waals surface area contributed by atoms with Crippen molar-refractivity contribution in [2.45, 2.75) is 12.8 Å². The third kappa shape index (κ3) is 2.71. The number of halogens is 1. The predicted molar refractivity (Wildman–Crippen MR) is 71.0 cm³/mol. The van der Waals surface area contributed by atoms with Gasteiger partial charge in [-0.25, -0.2) is 4.98 Å². The summed E-state index contributed by atoms with van der Waals surface area (Å²) in [6.07, 6.45) is 0. The molecule has 0 unspecified atom stereocenters. The zero-order chi connectivity index (χ0) is 13.0. The molecule has 1 heterocycles. The van der Waals surface area contributed by atoms with Crippen LogP contribution in [0.2, 0.25) is 0 Å². The summed E-state index contributed by atoms with van der Waals surface area (Å²) in [5.41, 5.74) is 1.08. The van der Waals surface area contributed by atoms with Gasteiger partial charge in [-0.3, -0.25) is 4.79 Å². The molecule has 0 aliphatic carbocycles. The van der Waals surface area contributed by atoms with Crippen molar-refractivity contribution < 1.29 is 4.74 Å². The van der Waals surface area contributed by atoms with Crippen LogP contribution in [0.3, 0.4) is 0 Å². The fourth-order valence-corrected chi connectivity index (χ4v) is 1.78. The van der Waals surface area contributed by atoms with Crippen molar-refractivity contribution in [1.82, 2.24) is 9.97 Å². The Labute approximate surface area is 110 Å². The normalized spacial score (nSPS) is 10.3. The average Bonchev–Trinajstić information content (AvgIpc) is 2.39. The van der Waals surface area contributed by atoms with Crippen molar-refractivity contribution in [3.63, 3.8) is 0 Å². The fraction of sp³-hybridized carbons (Fsp3) is 0.231. The average molecular weight is 265 g/mol. The topological polar surface area (TPSA) is 55.0 Å². The Balaban J connectivity index is 2.54. The summed E-state index contributed by atoms with van der Waals surface area (Å²) in [6.45, 7) is 2.46. The van der Waals surface area contributed by atoms with Crippen molar-refractivity contribution in [1.29, 1.82) is 0 Å². The minimum Gasteiger partial charge on any atom is -0.493 e. The van der Waals surface area contributed by atoms with Gasteiger partial charge in [-0.15, -0.1) is 11.6 Å². The highest BCUT2D eigenvalue weighted by Crippen LogP contribution is 2.26. The Morgan fingerprint density at radius 3 is 2.89 bits per heavy atom. The molecule has 2 aromatic rings. The van der Waals surface area contributed by atoms with Gasteiger partial charge >= 0.3 is 0 Å². The summed E-state index contributed by atoms with van der Waals surface area (Å²) in [4.78, 5) is 18.5. The summed E-state index contributed by atoms with van der Waals surface area (Å²) in [6, 6.07) is 8.82. The summed E-state index contributed by atoms with van der Waals surface area (Å²) in [7, 11) is 0. The van der Waals surface area contributed by atoms with Gasteiger partial charge in [0.25, 0.3) is 5.56 Å². The molecule has 0 saturated heterocycles. The first-order chi connectivity index (χ1) is 8.74. The Morgan fingerprint density at radius 2 is 2.17 bits per heavy atom. The Kier molecular flexibility index (Phi) is 3.99. The summed E-state index contributed by atoms with van der Waals surface area (Å²) >= 11 is 5.71. The molecule has 0 bridgehead atoms. The van der Waals surface area contributed by atoms with E-state index < -0.39 is 0 Å². The molecule has 0 saturated carbocycles. The third-order valence-electron chi connectivity index (χ3n) is 2.37. The minimum absolute atomic E-state index is 0.202. The van der Waals surface area contributed by atoms with Gasteiger partial charge in [0.2, 0.25) is 0 Å². The van der Waals surface area contributed by atoms with Crippen molar-refractivity contribution in [2.24, 2.45) is 0 Å². The first kappa shape index (κ1) is 12.6. The van der Waals surface area contributed by atoms with Crippen LogP contribution in [0.5, 0.6) is 5.75 Å². The van der Waals surface area contributed by atoms with E-state index in [0.29, 0.717) is 23.9 Å². The molecule has 0 aliphatic rings. The Morgan fingerprint density at radius 1 is 1.39 bits per heavy atom. The number of aromatic amines is 1. The van der Waals surface area contributed by atoms with Crippen molar-refractivity contribution in [3.05, 3.63) is 46.4 Å². The van der Waals surface area contributed by atoms with E-state index in [4.69, 9.17) is 16.3 Å². The molecule has 0 radical (unpaired) electrons. The van der Waals surface area contributed by atoms with E-state index >= 15 is 0 Å². The monoisotopic (exact) mass is 264 g/mol. The van der Waals surface area contributed by atoms with Gasteiger partial charge in [-0.1, -0.05) is 12.1 Å². The van der Waals surface area contributed by atoms with Crippen molar-refractivity contribution >= 4 is 11.6 Å². The number of aromatic nitrogens is 2. The number of para-hydroxylation sites is 1. The molecule has 2 rings (SSSR count). The third-order valence-corrected chi connectivity index (χ3v) is 2.65. The molecule has 0 atom stereocenters. The second-order valence-corrected chi connectivity index (χ2v) is 3.92. The maximum Gasteiger partial charge on any atom is 0.251 e. The smallest absolute Gasteiger partial charge is 0.251 e. The van der Waals surface area contributed by atoms with E-state index in [1.54, 1.807) is 0 Å². The van der Waals surface area contributed by atoms with Crippen molar-refractivity contribution in [2.75, 3.05) is 6.61 Å². The van der Waals surface area contributed by atoms with Gasteiger partial charge in [-0.2, -0.15) is 0 Å². The largest absolute Gasteiger partial charge is 0.493 e. The van der Waals surface area contributed by atoms with E-state index in [1.807, 2.05) is 31.2 Å². The first-order valence-corrected chi connectivity index (χ1v) is 6.16. The van der Waals surface area contributed by atoms with E-state index in [1.165, 1.54) is 6.07 Å². The van der Waals surface area contributed by atoms with Crippen LogP contribution < -0.4 is 10.3 Å². The summed E-state index contributed by atoms with van der Waals surface area (Å²) in [5.74, 6) is 1.37. The maximum absolute atomic E-state index is 11.5. The van der Waals surface area contributed by atoms with E-state index in [9.17, 15) is 4.79 Å². The number of nitrogens with zero attached hydrogens (tertiary/aromatic N) is 1. The second kappa shape index (κ2) is 5.69. The molecular formula is C13H13ClN2O2. The number of benzene rings is 1. The number of ether oxygens (including phenoxy) is 1. The van der Waals surface area contributed by atoms with Crippen LogP contribution >= 0.6 is 11.6 Å².